The number of pyridine rings is 1. The van der Waals surface area contributed by atoms with Crippen LogP contribution in [0.3, 0.4) is 0 Å². The second-order valence-electron chi connectivity index (χ2n) is 5.52. The lowest BCUT2D eigenvalue weighted by molar-refractivity contribution is 0.545. The molecule has 3 nitrogen and oxygen atoms in total. The first-order chi connectivity index (χ1) is 11.0. The highest BCUT2D eigenvalue weighted by atomic mass is 35.5. The number of aromatic nitrogens is 2. The van der Waals surface area contributed by atoms with Crippen LogP contribution in [0.15, 0.2) is 36.5 Å². The molecule has 5 heteroatoms. The average Bonchev–Trinajstić information content (AvgIpc) is 2.95. The van der Waals surface area contributed by atoms with Gasteiger partial charge < -0.3 is 4.57 Å². The summed E-state index contributed by atoms with van der Waals surface area (Å²) in [6, 6.07) is 10.6. The van der Waals surface area contributed by atoms with E-state index in [0.29, 0.717) is 5.69 Å². The highest BCUT2D eigenvalue weighted by Crippen LogP contribution is 2.33. The van der Waals surface area contributed by atoms with Crippen LogP contribution < -0.4 is 0 Å². The Labute approximate surface area is 138 Å². The van der Waals surface area contributed by atoms with Gasteiger partial charge in [0.25, 0.3) is 0 Å². The molecule has 3 rings (SSSR count). The van der Waals surface area contributed by atoms with E-state index in [-0.39, 0.29) is 11.1 Å². The first-order valence-corrected chi connectivity index (χ1v) is 7.80. The van der Waals surface area contributed by atoms with Crippen LogP contribution >= 0.6 is 11.6 Å². The number of hydrogen-bond donors (Lipinski definition) is 0. The van der Waals surface area contributed by atoms with Gasteiger partial charge >= 0.3 is 0 Å². The van der Waals surface area contributed by atoms with Crippen LogP contribution in [-0.2, 0) is 0 Å². The van der Waals surface area contributed by atoms with Crippen LogP contribution in [0, 0.1) is 17.1 Å². The van der Waals surface area contributed by atoms with Crippen molar-refractivity contribution in [2.24, 2.45) is 0 Å². The Kier molecular flexibility index (Phi) is 4.06. The Morgan fingerprint density at radius 2 is 2.13 bits per heavy atom. The zero-order valence-corrected chi connectivity index (χ0v) is 13.6. The molecule has 2 aromatic heterocycles. The molecular formula is C18H15ClFN3. The molecule has 0 radical (unpaired) electrons. The van der Waals surface area contributed by atoms with E-state index < -0.39 is 5.82 Å². The van der Waals surface area contributed by atoms with Crippen molar-refractivity contribution in [3.63, 3.8) is 0 Å². The summed E-state index contributed by atoms with van der Waals surface area (Å²) in [6.45, 7) is 4.18. The Morgan fingerprint density at radius 1 is 1.35 bits per heavy atom. The maximum absolute atomic E-state index is 13.8. The SMILES string of the molecule is CCC(C)n1cc(-c2ccc(Cl)c(F)c2)c2ccc(C#N)nc21. The lowest BCUT2D eigenvalue weighted by Crippen LogP contribution is -2.03. The van der Waals surface area contributed by atoms with Crippen LogP contribution in [0.25, 0.3) is 22.2 Å². The maximum Gasteiger partial charge on any atom is 0.142 e. The zero-order valence-electron chi connectivity index (χ0n) is 12.8. The van der Waals surface area contributed by atoms with Gasteiger partial charge in [0.15, 0.2) is 0 Å². The van der Waals surface area contributed by atoms with Crippen molar-refractivity contribution in [3.8, 4) is 17.2 Å². The van der Waals surface area contributed by atoms with E-state index in [4.69, 9.17) is 16.9 Å². The third-order valence-corrected chi connectivity index (χ3v) is 4.40. The molecule has 0 aliphatic rings. The molecule has 1 unspecified atom stereocenters. The van der Waals surface area contributed by atoms with Gasteiger partial charge in [-0.15, -0.1) is 0 Å². The molecule has 0 saturated heterocycles. The predicted molar refractivity (Wildman–Crippen MR) is 89.9 cm³/mol. The quantitative estimate of drug-likeness (QED) is 0.651. The molecule has 0 amide bonds. The molecule has 0 saturated carbocycles. The summed E-state index contributed by atoms with van der Waals surface area (Å²) < 4.78 is 15.9. The molecule has 0 aliphatic carbocycles. The molecule has 2 heterocycles. The summed E-state index contributed by atoms with van der Waals surface area (Å²) >= 11 is 5.78. The molecule has 1 aromatic carbocycles. The van der Waals surface area contributed by atoms with E-state index in [0.717, 1.165) is 28.6 Å². The molecule has 0 N–H and O–H groups in total. The molecule has 116 valence electrons. The molecule has 1 atom stereocenters. The normalized spacial score (nSPS) is 12.3. The fourth-order valence-corrected chi connectivity index (χ4v) is 2.73. The highest BCUT2D eigenvalue weighted by molar-refractivity contribution is 6.30. The molecule has 3 aromatic rings. The van der Waals surface area contributed by atoms with Gasteiger partial charge in [0.05, 0.1) is 5.02 Å². The lowest BCUT2D eigenvalue weighted by atomic mass is 10.1. The fraction of sp³-hybridized carbons (Fsp3) is 0.222. The van der Waals surface area contributed by atoms with Gasteiger partial charge in [0, 0.05) is 23.2 Å². The van der Waals surface area contributed by atoms with Crippen LogP contribution in [0.2, 0.25) is 5.02 Å². The van der Waals surface area contributed by atoms with E-state index in [9.17, 15) is 4.39 Å². The first-order valence-electron chi connectivity index (χ1n) is 7.42. The van der Waals surface area contributed by atoms with Crippen molar-refractivity contribution in [2.75, 3.05) is 0 Å². The van der Waals surface area contributed by atoms with Crippen molar-refractivity contribution in [3.05, 3.63) is 53.1 Å². The zero-order chi connectivity index (χ0) is 16.6. The second-order valence-corrected chi connectivity index (χ2v) is 5.92. The van der Waals surface area contributed by atoms with Gasteiger partial charge in [-0.05, 0) is 43.2 Å². The van der Waals surface area contributed by atoms with Crippen LogP contribution in [0.1, 0.15) is 32.0 Å². The molecule has 0 bridgehead atoms. The van der Waals surface area contributed by atoms with E-state index in [1.165, 1.54) is 6.07 Å². The molecule has 23 heavy (non-hydrogen) atoms. The monoisotopic (exact) mass is 327 g/mol. The minimum Gasteiger partial charge on any atom is -0.329 e. The predicted octanol–water partition coefficient (Wildman–Crippen LogP) is 5.34. The van der Waals surface area contributed by atoms with Crippen molar-refractivity contribution in [1.29, 1.82) is 5.26 Å². The van der Waals surface area contributed by atoms with Gasteiger partial charge in [-0.25, -0.2) is 9.37 Å². The van der Waals surface area contributed by atoms with Crippen molar-refractivity contribution in [2.45, 2.75) is 26.3 Å². The number of fused-ring (bicyclic) bond motifs is 1. The van der Waals surface area contributed by atoms with E-state index in [1.54, 1.807) is 18.2 Å². The smallest absolute Gasteiger partial charge is 0.142 e. The van der Waals surface area contributed by atoms with Crippen molar-refractivity contribution < 1.29 is 4.39 Å². The second kappa shape index (κ2) is 6.02. The summed E-state index contributed by atoms with van der Waals surface area (Å²) in [4.78, 5) is 4.43. The largest absolute Gasteiger partial charge is 0.329 e. The summed E-state index contributed by atoms with van der Waals surface area (Å²) in [6.07, 6.45) is 2.90. The fourth-order valence-electron chi connectivity index (χ4n) is 2.61. The minimum absolute atomic E-state index is 0.101. The Bertz CT molecular complexity index is 924. The average molecular weight is 328 g/mol. The molecule has 0 fully saturated rings. The third kappa shape index (κ3) is 2.69. The van der Waals surface area contributed by atoms with E-state index in [2.05, 4.69) is 24.9 Å². The Hall–Kier alpha value is -2.38. The molecule has 0 aliphatic heterocycles. The summed E-state index contributed by atoms with van der Waals surface area (Å²) in [7, 11) is 0. The van der Waals surface area contributed by atoms with Crippen molar-refractivity contribution >= 4 is 22.6 Å². The lowest BCUT2D eigenvalue weighted by Gasteiger charge is -2.11. The van der Waals surface area contributed by atoms with Crippen molar-refractivity contribution in [1.82, 2.24) is 9.55 Å². The number of nitriles is 1. The van der Waals surface area contributed by atoms with Crippen LogP contribution in [0.5, 0.6) is 0 Å². The number of rotatable bonds is 3. The van der Waals surface area contributed by atoms with Gasteiger partial charge in [-0.3, -0.25) is 0 Å². The van der Waals surface area contributed by atoms with Gasteiger partial charge in [0.1, 0.15) is 23.2 Å². The van der Waals surface area contributed by atoms with Crippen LogP contribution in [0.4, 0.5) is 4.39 Å². The third-order valence-electron chi connectivity index (χ3n) is 4.09. The Balaban J connectivity index is 2.29. The number of halogens is 2. The number of benzene rings is 1. The van der Waals surface area contributed by atoms with E-state index >= 15 is 0 Å². The first kappa shape index (κ1) is 15.5. The van der Waals surface area contributed by atoms with Gasteiger partial charge in [0.2, 0.25) is 0 Å². The molecule has 0 spiro atoms. The molecular weight excluding hydrogens is 313 g/mol. The topological polar surface area (TPSA) is 41.6 Å². The standard InChI is InChI=1S/C18H15ClFN3/c1-3-11(2)23-10-15(12-4-7-16(19)17(20)8-12)14-6-5-13(9-21)22-18(14)23/h4-8,10-11H,3H2,1-2H3. The highest BCUT2D eigenvalue weighted by Gasteiger charge is 2.16. The van der Waals surface area contributed by atoms with Crippen LogP contribution in [-0.4, -0.2) is 9.55 Å². The summed E-state index contributed by atoms with van der Waals surface area (Å²) in [5.41, 5.74) is 2.73. The summed E-state index contributed by atoms with van der Waals surface area (Å²) in [5, 5.41) is 10.1. The number of nitrogens with zero attached hydrogens (tertiary/aromatic N) is 3. The van der Waals surface area contributed by atoms with Gasteiger partial charge in [-0.2, -0.15) is 5.26 Å². The maximum atomic E-state index is 13.8. The van der Waals surface area contributed by atoms with Gasteiger partial charge in [-0.1, -0.05) is 24.6 Å². The summed E-state index contributed by atoms with van der Waals surface area (Å²) in [5.74, 6) is -0.449. The van der Waals surface area contributed by atoms with E-state index in [1.807, 2.05) is 16.8 Å². The number of hydrogen-bond acceptors (Lipinski definition) is 2. The minimum atomic E-state index is -0.449. The Morgan fingerprint density at radius 3 is 2.78 bits per heavy atom.